The van der Waals surface area contributed by atoms with E-state index in [1.54, 1.807) is 19.1 Å². The maximum absolute atomic E-state index is 11.9. The summed E-state index contributed by atoms with van der Waals surface area (Å²) in [5.74, 6) is -0.489. The third kappa shape index (κ3) is 3.50. The molecule has 1 aromatic carbocycles. The van der Waals surface area contributed by atoms with Crippen molar-refractivity contribution >= 4 is 17.7 Å². The predicted octanol–water partition coefficient (Wildman–Crippen LogP) is 3.00. The number of carbonyl (C=O) groups excluding carboxylic acids is 1. The molecule has 1 aliphatic rings. The Labute approximate surface area is 118 Å². The van der Waals surface area contributed by atoms with Gasteiger partial charge in [-0.1, -0.05) is 25.0 Å². The second kappa shape index (κ2) is 6.41. The molecule has 0 unspecified atom stereocenters. The lowest BCUT2D eigenvalue weighted by Gasteiger charge is -2.14. The number of hydrogen-bond donors (Lipinski definition) is 3. The highest BCUT2D eigenvalue weighted by Gasteiger charge is 2.17. The van der Waals surface area contributed by atoms with Crippen LogP contribution in [-0.4, -0.2) is 23.7 Å². The van der Waals surface area contributed by atoms with Crippen LogP contribution in [0.1, 0.15) is 41.6 Å². The summed E-state index contributed by atoms with van der Waals surface area (Å²) in [5.41, 5.74) is 1.21. The van der Waals surface area contributed by atoms with Crippen molar-refractivity contribution in [3.63, 3.8) is 0 Å². The van der Waals surface area contributed by atoms with Crippen molar-refractivity contribution in [2.45, 2.75) is 32.6 Å². The number of amides is 2. The molecule has 0 aliphatic heterocycles. The first-order valence-corrected chi connectivity index (χ1v) is 6.95. The molecular formula is C15H20N2O3. The number of urea groups is 1. The summed E-state index contributed by atoms with van der Waals surface area (Å²) in [6.45, 7) is 2.43. The van der Waals surface area contributed by atoms with Gasteiger partial charge in [-0.05, 0) is 37.3 Å². The number of carboxylic acid groups (broad SMARTS) is 1. The molecule has 0 radical (unpaired) electrons. The minimum atomic E-state index is -1.04. The zero-order valence-corrected chi connectivity index (χ0v) is 11.6. The van der Waals surface area contributed by atoms with Crippen LogP contribution in [0.2, 0.25) is 0 Å². The van der Waals surface area contributed by atoms with Crippen LogP contribution in [0.15, 0.2) is 18.2 Å². The number of nitrogens with one attached hydrogen (secondary N) is 2. The zero-order valence-electron chi connectivity index (χ0n) is 11.6. The molecule has 108 valence electrons. The molecule has 0 spiro atoms. The van der Waals surface area contributed by atoms with Gasteiger partial charge in [0.25, 0.3) is 0 Å². The highest BCUT2D eigenvalue weighted by Crippen LogP contribution is 2.24. The van der Waals surface area contributed by atoms with Gasteiger partial charge < -0.3 is 15.7 Å². The Morgan fingerprint density at radius 1 is 1.30 bits per heavy atom. The van der Waals surface area contributed by atoms with E-state index >= 15 is 0 Å². The van der Waals surface area contributed by atoms with Crippen molar-refractivity contribution in [2.75, 3.05) is 11.9 Å². The molecule has 5 nitrogen and oxygen atoms in total. The number of benzene rings is 1. The van der Waals surface area contributed by atoms with Gasteiger partial charge >= 0.3 is 12.0 Å². The molecule has 2 rings (SSSR count). The summed E-state index contributed by atoms with van der Waals surface area (Å²) in [4.78, 5) is 23.0. The van der Waals surface area contributed by atoms with Crippen LogP contribution in [0, 0.1) is 12.8 Å². The van der Waals surface area contributed by atoms with Gasteiger partial charge in [0.05, 0.1) is 11.3 Å². The Hall–Kier alpha value is -2.04. The molecule has 3 N–H and O–H groups in total. The van der Waals surface area contributed by atoms with Crippen LogP contribution < -0.4 is 10.6 Å². The second-order valence-electron chi connectivity index (χ2n) is 5.29. The molecule has 20 heavy (non-hydrogen) atoms. The van der Waals surface area contributed by atoms with E-state index < -0.39 is 5.97 Å². The van der Waals surface area contributed by atoms with Crippen LogP contribution in [-0.2, 0) is 0 Å². The quantitative estimate of drug-likeness (QED) is 0.791. The molecule has 0 atom stereocenters. The SMILES string of the molecule is Cc1cccc(C(=O)O)c1NC(=O)NCC1CCCC1. The van der Waals surface area contributed by atoms with Gasteiger partial charge in [-0.15, -0.1) is 0 Å². The van der Waals surface area contributed by atoms with Gasteiger partial charge in [0.15, 0.2) is 0 Å². The predicted molar refractivity (Wildman–Crippen MR) is 77.1 cm³/mol. The fourth-order valence-corrected chi connectivity index (χ4v) is 2.62. The molecule has 0 aromatic heterocycles. The topological polar surface area (TPSA) is 78.4 Å². The molecule has 1 fully saturated rings. The Morgan fingerprint density at radius 3 is 2.65 bits per heavy atom. The van der Waals surface area contributed by atoms with E-state index in [4.69, 9.17) is 5.11 Å². The summed E-state index contributed by atoms with van der Waals surface area (Å²) < 4.78 is 0. The van der Waals surface area contributed by atoms with Gasteiger partial charge in [-0.2, -0.15) is 0 Å². The fourth-order valence-electron chi connectivity index (χ4n) is 2.62. The Morgan fingerprint density at radius 2 is 2.00 bits per heavy atom. The summed E-state index contributed by atoms with van der Waals surface area (Å²) in [6.07, 6.45) is 4.78. The fraction of sp³-hybridized carbons (Fsp3) is 0.467. The number of para-hydroxylation sites is 1. The van der Waals surface area contributed by atoms with Crippen molar-refractivity contribution in [3.8, 4) is 0 Å². The number of carboxylic acids is 1. The van der Waals surface area contributed by atoms with Gasteiger partial charge in [0.2, 0.25) is 0 Å². The average molecular weight is 276 g/mol. The summed E-state index contributed by atoms with van der Waals surface area (Å²) in [5, 5.41) is 14.6. The third-order valence-electron chi connectivity index (χ3n) is 3.77. The Bertz CT molecular complexity index is 508. The van der Waals surface area contributed by atoms with Crippen LogP contribution in [0.25, 0.3) is 0 Å². The normalized spacial score (nSPS) is 15.1. The third-order valence-corrected chi connectivity index (χ3v) is 3.77. The minimum absolute atomic E-state index is 0.112. The van der Waals surface area contributed by atoms with E-state index in [1.165, 1.54) is 18.9 Å². The molecule has 2 amide bonds. The molecule has 0 bridgehead atoms. The monoisotopic (exact) mass is 276 g/mol. The van der Waals surface area contributed by atoms with E-state index in [0.717, 1.165) is 18.4 Å². The number of rotatable bonds is 4. The minimum Gasteiger partial charge on any atom is -0.478 e. The first-order chi connectivity index (χ1) is 9.58. The molecule has 0 saturated heterocycles. The lowest BCUT2D eigenvalue weighted by Crippen LogP contribution is -2.33. The Kier molecular flexibility index (Phi) is 4.61. The lowest BCUT2D eigenvalue weighted by molar-refractivity contribution is 0.0698. The number of carbonyl (C=O) groups is 2. The van der Waals surface area contributed by atoms with Crippen molar-refractivity contribution < 1.29 is 14.7 Å². The van der Waals surface area contributed by atoms with Crippen LogP contribution in [0.3, 0.4) is 0 Å². The maximum atomic E-state index is 11.9. The standard InChI is InChI=1S/C15H20N2O3/c1-10-5-4-8-12(14(18)19)13(10)17-15(20)16-9-11-6-2-3-7-11/h4-5,8,11H,2-3,6-7,9H2,1H3,(H,18,19)(H2,16,17,20). The van der Waals surface area contributed by atoms with Crippen molar-refractivity contribution in [3.05, 3.63) is 29.3 Å². The molecule has 1 aliphatic carbocycles. The van der Waals surface area contributed by atoms with Crippen molar-refractivity contribution in [1.29, 1.82) is 0 Å². The van der Waals surface area contributed by atoms with E-state index in [2.05, 4.69) is 10.6 Å². The average Bonchev–Trinajstić information content (AvgIpc) is 2.91. The number of hydrogen-bond acceptors (Lipinski definition) is 2. The molecule has 1 saturated carbocycles. The van der Waals surface area contributed by atoms with E-state index in [1.807, 2.05) is 0 Å². The van der Waals surface area contributed by atoms with Crippen molar-refractivity contribution in [2.24, 2.45) is 5.92 Å². The van der Waals surface area contributed by atoms with Gasteiger partial charge in [-0.25, -0.2) is 9.59 Å². The van der Waals surface area contributed by atoms with Crippen LogP contribution >= 0.6 is 0 Å². The highest BCUT2D eigenvalue weighted by atomic mass is 16.4. The maximum Gasteiger partial charge on any atom is 0.337 e. The molecule has 0 heterocycles. The van der Waals surface area contributed by atoms with Gasteiger partial charge in [0.1, 0.15) is 0 Å². The second-order valence-corrected chi connectivity index (χ2v) is 5.29. The number of anilines is 1. The highest BCUT2D eigenvalue weighted by molar-refractivity contribution is 6.00. The summed E-state index contributed by atoms with van der Waals surface area (Å²) in [6, 6.07) is 4.59. The summed E-state index contributed by atoms with van der Waals surface area (Å²) in [7, 11) is 0. The smallest absolute Gasteiger partial charge is 0.337 e. The summed E-state index contributed by atoms with van der Waals surface area (Å²) >= 11 is 0. The van der Waals surface area contributed by atoms with Crippen LogP contribution in [0.5, 0.6) is 0 Å². The van der Waals surface area contributed by atoms with Gasteiger partial charge in [0, 0.05) is 6.54 Å². The number of aromatic carboxylic acids is 1. The van der Waals surface area contributed by atoms with Crippen molar-refractivity contribution in [1.82, 2.24) is 5.32 Å². The van der Waals surface area contributed by atoms with Crippen LogP contribution in [0.4, 0.5) is 10.5 Å². The van der Waals surface area contributed by atoms with Gasteiger partial charge in [-0.3, -0.25) is 0 Å². The first kappa shape index (κ1) is 14.4. The van der Waals surface area contributed by atoms with E-state index in [0.29, 0.717) is 18.2 Å². The zero-order chi connectivity index (χ0) is 14.5. The number of aryl methyl sites for hydroxylation is 1. The largest absolute Gasteiger partial charge is 0.478 e. The molecular weight excluding hydrogens is 256 g/mol. The Balaban J connectivity index is 1.98. The molecule has 5 heteroatoms. The lowest BCUT2D eigenvalue weighted by atomic mass is 10.1. The first-order valence-electron chi connectivity index (χ1n) is 6.95. The van der Waals surface area contributed by atoms with E-state index in [-0.39, 0.29) is 11.6 Å². The van der Waals surface area contributed by atoms with E-state index in [9.17, 15) is 9.59 Å². The molecule has 1 aromatic rings.